The monoisotopic (exact) mass is 318 g/mol. The van der Waals surface area contributed by atoms with Gasteiger partial charge in [-0.1, -0.05) is 12.8 Å². The van der Waals surface area contributed by atoms with Gasteiger partial charge in [0.1, 0.15) is 5.82 Å². The Hall–Kier alpha value is -1.40. The molecule has 0 unspecified atom stereocenters. The molecule has 6 nitrogen and oxygen atoms in total. The lowest BCUT2D eigenvalue weighted by atomic mass is 10.0. The zero-order valence-electron chi connectivity index (χ0n) is 13.9. The number of ether oxygens (including phenoxy) is 2. The highest BCUT2D eigenvalue weighted by atomic mass is 16.7. The van der Waals surface area contributed by atoms with Gasteiger partial charge in [-0.2, -0.15) is 4.98 Å². The first kappa shape index (κ1) is 15.1. The minimum absolute atomic E-state index is 0.342. The number of aromatic nitrogens is 2. The topological polar surface area (TPSA) is 59.5 Å². The third kappa shape index (κ3) is 3.28. The highest BCUT2D eigenvalue weighted by Gasteiger charge is 2.40. The predicted octanol–water partition coefficient (Wildman–Crippen LogP) is 2.48. The number of nitrogens with zero attached hydrogens (tertiary/aromatic N) is 3. The van der Waals surface area contributed by atoms with Crippen molar-refractivity contribution in [2.45, 2.75) is 57.3 Å². The molecule has 1 N–H and O–H groups in total. The van der Waals surface area contributed by atoms with E-state index in [1.54, 1.807) is 0 Å². The van der Waals surface area contributed by atoms with E-state index < -0.39 is 0 Å². The minimum atomic E-state index is -0.342. The van der Waals surface area contributed by atoms with Crippen LogP contribution in [0.4, 0.5) is 11.8 Å². The zero-order chi connectivity index (χ0) is 15.7. The van der Waals surface area contributed by atoms with E-state index in [1.165, 1.54) is 25.7 Å². The fourth-order valence-corrected chi connectivity index (χ4v) is 3.88. The molecule has 3 heterocycles. The van der Waals surface area contributed by atoms with Crippen LogP contribution in [0.15, 0.2) is 6.07 Å². The Kier molecular flexibility index (Phi) is 4.11. The molecule has 1 aromatic rings. The Morgan fingerprint density at radius 1 is 1.13 bits per heavy atom. The first-order chi connectivity index (χ1) is 11.2. The predicted molar refractivity (Wildman–Crippen MR) is 88.7 cm³/mol. The van der Waals surface area contributed by atoms with Gasteiger partial charge in [-0.3, -0.25) is 0 Å². The Labute approximate surface area is 137 Å². The summed E-state index contributed by atoms with van der Waals surface area (Å²) in [5, 5.41) is 3.58. The molecule has 1 aromatic heterocycles. The van der Waals surface area contributed by atoms with Crippen LogP contribution in [0.3, 0.4) is 0 Å². The highest BCUT2D eigenvalue weighted by molar-refractivity contribution is 5.44. The molecule has 1 aliphatic carbocycles. The molecule has 1 saturated carbocycles. The van der Waals surface area contributed by atoms with E-state index in [0.717, 1.165) is 56.6 Å². The van der Waals surface area contributed by atoms with Gasteiger partial charge in [0.2, 0.25) is 5.95 Å². The van der Waals surface area contributed by atoms with Crippen molar-refractivity contribution >= 4 is 11.8 Å². The molecule has 0 bridgehead atoms. The lowest BCUT2D eigenvalue weighted by molar-refractivity contribution is -0.169. The normalized spacial score (nSPS) is 24.5. The Morgan fingerprint density at radius 2 is 1.83 bits per heavy atom. The number of aryl methyl sites for hydroxylation is 1. The molecule has 0 amide bonds. The van der Waals surface area contributed by atoms with Gasteiger partial charge in [0.25, 0.3) is 0 Å². The number of hydrogen-bond donors (Lipinski definition) is 1. The number of anilines is 2. The Bertz CT molecular complexity index is 544. The van der Waals surface area contributed by atoms with Crippen LogP contribution in [-0.4, -0.2) is 48.1 Å². The van der Waals surface area contributed by atoms with Crippen molar-refractivity contribution in [3.8, 4) is 0 Å². The van der Waals surface area contributed by atoms with E-state index in [0.29, 0.717) is 6.04 Å². The summed E-state index contributed by atoms with van der Waals surface area (Å²) >= 11 is 0. The molecule has 2 saturated heterocycles. The van der Waals surface area contributed by atoms with E-state index in [9.17, 15) is 0 Å². The Morgan fingerprint density at radius 3 is 2.52 bits per heavy atom. The van der Waals surface area contributed by atoms with Crippen LogP contribution in [0.5, 0.6) is 0 Å². The molecule has 4 rings (SSSR count). The van der Waals surface area contributed by atoms with E-state index in [1.807, 2.05) is 6.92 Å². The molecular weight excluding hydrogens is 292 g/mol. The summed E-state index contributed by atoms with van der Waals surface area (Å²) in [6.07, 6.45) is 6.91. The SMILES string of the molecule is Cc1cc(NC2CCCC2)nc(N2CCC3(CC2)OCCO3)n1. The standard InChI is InChI=1S/C17H26N4O2/c1-13-12-15(19-14-4-2-3-5-14)20-16(18-13)21-8-6-17(7-9-21)22-10-11-23-17/h12,14H,2-11H2,1H3,(H,18,19,20). The fraction of sp³-hybridized carbons (Fsp3) is 0.765. The molecular formula is C17H26N4O2. The van der Waals surface area contributed by atoms with Crippen LogP contribution in [0.2, 0.25) is 0 Å². The third-order valence-corrected chi connectivity index (χ3v) is 5.17. The second-order valence-corrected chi connectivity index (χ2v) is 6.91. The molecule has 3 fully saturated rings. The van der Waals surface area contributed by atoms with Crippen molar-refractivity contribution in [3.05, 3.63) is 11.8 Å². The van der Waals surface area contributed by atoms with Crippen molar-refractivity contribution < 1.29 is 9.47 Å². The van der Waals surface area contributed by atoms with Crippen molar-refractivity contribution in [3.63, 3.8) is 0 Å². The summed E-state index contributed by atoms with van der Waals surface area (Å²) in [4.78, 5) is 11.7. The molecule has 6 heteroatoms. The van der Waals surface area contributed by atoms with Crippen LogP contribution in [0, 0.1) is 6.92 Å². The first-order valence-corrected chi connectivity index (χ1v) is 8.88. The summed E-state index contributed by atoms with van der Waals surface area (Å²) in [5.74, 6) is 1.46. The first-order valence-electron chi connectivity index (χ1n) is 8.88. The molecule has 3 aliphatic rings. The lowest BCUT2D eigenvalue weighted by Crippen LogP contribution is -2.45. The molecule has 0 aromatic carbocycles. The van der Waals surface area contributed by atoms with Gasteiger partial charge in [-0.25, -0.2) is 4.98 Å². The number of piperidine rings is 1. The summed E-state index contributed by atoms with van der Waals surface area (Å²) in [6.45, 7) is 5.24. The van der Waals surface area contributed by atoms with Gasteiger partial charge in [0.05, 0.1) is 13.2 Å². The summed E-state index contributed by atoms with van der Waals surface area (Å²) in [6, 6.07) is 2.62. The second-order valence-electron chi connectivity index (χ2n) is 6.91. The minimum Gasteiger partial charge on any atom is -0.367 e. The molecule has 1 spiro atoms. The highest BCUT2D eigenvalue weighted by Crippen LogP contribution is 2.32. The van der Waals surface area contributed by atoms with Gasteiger partial charge in [-0.15, -0.1) is 0 Å². The van der Waals surface area contributed by atoms with Crippen LogP contribution in [0.25, 0.3) is 0 Å². The zero-order valence-corrected chi connectivity index (χ0v) is 13.9. The van der Waals surface area contributed by atoms with Gasteiger partial charge >= 0.3 is 0 Å². The molecule has 0 atom stereocenters. The van der Waals surface area contributed by atoms with E-state index >= 15 is 0 Å². The summed E-state index contributed by atoms with van der Waals surface area (Å²) in [7, 11) is 0. The van der Waals surface area contributed by atoms with Crippen LogP contribution in [0.1, 0.15) is 44.2 Å². The number of hydrogen-bond acceptors (Lipinski definition) is 6. The van der Waals surface area contributed by atoms with Crippen molar-refractivity contribution in [1.82, 2.24) is 9.97 Å². The van der Waals surface area contributed by atoms with Gasteiger partial charge in [0.15, 0.2) is 5.79 Å². The molecule has 2 aliphatic heterocycles. The maximum absolute atomic E-state index is 5.80. The second kappa shape index (κ2) is 6.24. The van der Waals surface area contributed by atoms with Gasteiger partial charge < -0.3 is 19.7 Å². The Balaban J connectivity index is 1.45. The number of nitrogens with one attached hydrogen (secondary N) is 1. The largest absolute Gasteiger partial charge is 0.367 e. The van der Waals surface area contributed by atoms with Gasteiger partial charge in [-0.05, 0) is 19.8 Å². The maximum atomic E-state index is 5.80. The van der Waals surface area contributed by atoms with Crippen molar-refractivity contribution in [1.29, 1.82) is 0 Å². The third-order valence-electron chi connectivity index (χ3n) is 5.17. The van der Waals surface area contributed by atoms with Gasteiger partial charge in [0, 0.05) is 43.7 Å². The fourth-order valence-electron chi connectivity index (χ4n) is 3.88. The average Bonchev–Trinajstić information content (AvgIpc) is 3.20. The maximum Gasteiger partial charge on any atom is 0.227 e. The average molecular weight is 318 g/mol. The van der Waals surface area contributed by atoms with Crippen LogP contribution in [-0.2, 0) is 9.47 Å². The van der Waals surface area contributed by atoms with E-state index in [-0.39, 0.29) is 5.79 Å². The van der Waals surface area contributed by atoms with Crippen LogP contribution < -0.4 is 10.2 Å². The summed E-state index contributed by atoms with van der Waals surface area (Å²) < 4.78 is 11.6. The molecule has 23 heavy (non-hydrogen) atoms. The smallest absolute Gasteiger partial charge is 0.227 e. The molecule has 126 valence electrons. The summed E-state index contributed by atoms with van der Waals surface area (Å²) in [5.41, 5.74) is 1.02. The van der Waals surface area contributed by atoms with Crippen molar-refractivity contribution in [2.24, 2.45) is 0 Å². The lowest BCUT2D eigenvalue weighted by Gasteiger charge is -2.37. The van der Waals surface area contributed by atoms with Crippen LogP contribution >= 0.6 is 0 Å². The molecule has 0 radical (unpaired) electrons. The van der Waals surface area contributed by atoms with Crippen molar-refractivity contribution in [2.75, 3.05) is 36.5 Å². The number of rotatable bonds is 3. The quantitative estimate of drug-likeness (QED) is 0.924. The van der Waals surface area contributed by atoms with E-state index in [2.05, 4.69) is 21.3 Å². The van der Waals surface area contributed by atoms with E-state index in [4.69, 9.17) is 14.5 Å².